The summed E-state index contributed by atoms with van der Waals surface area (Å²) in [6, 6.07) is -0.586. The minimum atomic E-state index is -0.631. The van der Waals surface area contributed by atoms with Crippen LogP contribution < -0.4 is 5.32 Å². The van der Waals surface area contributed by atoms with Gasteiger partial charge in [-0.2, -0.15) is 9.35 Å². The normalized spacial score (nSPS) is 25.3. The molecule has 1 heterocycles. The average Bonchev–Trinajstić information content (AvgIpc) is 2.09. The number of rotatable bonds is 4. The Morgan fingerprint density at radius 1 is 1.77 bits per heavy atom. The lowest BCUT2D eigenvalue weighted by Crippen LogP contribution is -2.75. The molecule has 74 valence electrons. The van der Waals surface area contributed by atoms with E-state index in [1.807, 2.05) is 0 Å². The third kappa shape index (κ3) is 1.50. The standard InChI is InChI=1S/C6H10N2O4S/c1-6(2)4(7-3-9)5(10)8(6)12-13-11/h3-4,11H,1-2H3,(H,7,9). The number of amides is 2. The highest BCUT2D eigenvalue weighted by Crippen LogP contribution is 2.33. The first-order valence-corrected chi connectivity index (χ1v) is 4.27. The van der Waals surface area contributed by atoms with Crippen LogP contribution in [0.4, 0.5) is 0 Å². The van der Waals surface area contributed by atoms with Crippen molar-refractivity contribution in [2.24, 2.45) is 0 Å². The Balaban J connectivity index is 2.64. The molecule has 2 amide bonds. The van der Waals surface area contributed by atoms with E-state index in [2.05, 4.69) is 9.60 Å². The number of carbonyl (C=O) groups is 2. The molecule has 1 fully saturated rings. The molecular weight excluding hydrogens is 196 g/mol. The summed E-state index contributed by atoms with van der Waals surface area (Å²) in [5, 5.41) is 3.38. The molecule has 1 rings (SSSR count). The summed E-state index contributed by atoms with van der Waals surface area (Å²) in [6.45, 7) is 3.43. The largest absolute Gasteiger partial charge is 0.345 e. The van der Waals surface area contributed by atoms with E-state index >= 15 is 0 Å². The second-order valence-electron chi connectivity index (χ2n) is 3.15. The molecule has 0 aliphatic carbocycles. The van der Waals surface area contributed by atoms with Gasteiger partial charge in [-0.3, -0.25) is 9.59 Å². The van der Waals surface area contributed by atoms with E-state index < -0.39 is 11.6 Å². The van der Waals surface area contributed by atoms with Crippen LogP contribution in [0.1, 0.15) is 13.8 Å². The summed E-state index contributed by atoms with van der Waals surface area (Å²) < 4.78 is 13.0. The smallest absolute Gasteiger partial charge is 0.272 e. The minimum absolute atomic E-state index is 0.101. The van der Waals surface area contributed by atoms with Crippen LogP contribution in [-0.4, -0.2) is 33.5 Å². The number of hydrogen-bond donors (Lipinski definition) is 2. The van der Waals surface area contributed by atoms with Gasteiger partial charge in [-0.25, -0.2) is 0 Å². The first-order chi connectivity index (χ1) is 6.05. The van der Waals surface area contributed by atoms with Crippen LogP contribution in [0.25, 0.3) is 0 Å². The third-order valence-corrected chi connectivity index (χ3v) is 2.24. The average molecular weight is 206 g/mol. The Morgan fingerprint density at radius 2 is 2.38 bits per heavy atom. The van der Waals surface area contributed by atoms with E-state index in [-0.39, 0.29) is 18.2 Å². The van der Waals surface area contributed by atoms with E-state index in [1.165, 1.54) is 0 Å². The van der Waals surface area contributed by atoms with Crippen LogP contribution in [0.15, 0.2) is 0 Å². The number of carbonyl (C=O) groups excluding carboxylic acids is 2. The lowest BCUT2D eigenvalue weighted by atomic mass is 9.85. The molecule has 2 N–H and O–H groups in total. The van der Waals surface area contributed by atoms with Gasteiger partial charge in [0.25, 0.3) is 5.91 Å². The molecule has 0 aromatic carbocycles. The van der Waals surface area contributed by atoms with Gasteiger partial charge in [0, 0.05) is 0 Å². The molecule has 0 saturated carbocycles. The van der Waals surface area contributed by atoms with Crippen molar-refractivity contribution in [1.82, 2.24) is 10.4 Å². The summed E-state index contributed by atoms with van der Waals surface area (Å²) in [6.07, 6.45) is 0.466. The summed E-state index contributed by atoms with van der Waals surface area (Å²) >= 11 is 0.101. The highest BCUT2D eigenvalue weighted by molar-refractivity contribution is 7.88. The summed E-state index contributed by atoms with van der Waals surface area (Å²) in [7, 11) is 0. The van der Waals surface area contributed by atoms with Crippen LogP contribution in [0.2, 0.25) is 0 Å². The van der Waals surface area contributed by atoms with E-state index in [1.54, 1.807) is 13.8 Å². The highest BCUT2D eigenvalue weighted by Gasteiger charge is 2.56. The number of nitrogens with one attached hydrogen (secondary N) is 1. The minimum Gasteiger partial charge on any atom is -0.345 e. The number of hydrogen-bond acceptors (Lipinski definition) is 5. The predicted octanol–water partition coefficient (Wildman–Crippen LogP) is -0.225. The fourth-order valence-corrected chi connectivity index (χ4v) is 1.60. The quantitative estimate of drug-likeness (QED) is 0.377. The molecule has 1 unspecified atom stereocenters. The molecule has 0 aromatic rings. The number of β-lactam (4-membered cyclic amide) rings is 1. The second-order valence-corrected chi connectivity index (χ2v) is 3.45. The molecular formula is C6H10N2O4S. The highest BCUT2D eigenvalue weighted by atomic mass is 32.2. The summed E-state index contributed by atoms with van der Waals surface area (Å²) in [5.74, 6) is -0.376. The first-order valence-electron chi connectivity index (χ1n) is 3.57. The van der Waals surface area contributed by atoms with Crippen molar-refractivity contribution in [3.63, 3.8) is 0 Å². The van der Waals surface area contributed by atoms with Crippen molar-refractivity contribution in [1.29, 1.82) is 0 Å². The zero-order valence-electron chi connectivity index (χ0n) is 7.18. The molecule has 13 heavy (non-hydrogen) atoms. The van der Waals surface area contributed by atoms with Crippen molar-refractivity contribution < 1.29 is 18.4 Å². The molecule has 1 atom stereocenters. The maximum absolute atomic E-state index is 11.2. The van der Waals surface area contributed by atoms with Crippen LogP contribution >= 0.6 is 12.3 Å². The lowest BCUT2D eigenvalue weighted by molar-refractivity contribution is -0.213. The summed E-state index contributed by atoms with van der Waals surface area (Å²) in [4.78, 5) is 21.3. The van der Waals surface area contributed by atoms with E-state index in [0.717, 1.165) is 5.06 Å². The molecule has 0 aromatic heterocycles. The van der Waals surface area contributed by atoms with Crippen LogP contribution in [0, 0.1) is 0 Å². The van der Waals surface area contributed by atoms with Crippen LogP contribution in [-0.2, 0) is 13.9 Å². The molecule has 0 bridgehead atoms. The maximum atomic E-state index is 11.2. The Labute approximate surface area is 79.6 Å². The molecule has 1 aliphatic heterocycles. The molecule has 0 spiro atoms. The Bertz CT molecular complexity index is 233. The SMILES string of the molecule is CC1(C)C(NC=O)C(=O)N1OSO. The van der Waals surface area contributed by atoms with Gasteiger partial charge in [0.05, 0.1) is 5.54 Å². The van der Waals surface area contributed by atoms with Crippen LogP contribution in [0.5, 0.6) is 0 Å². The third-order valence-electron chi connectivity index (χ3n) is 2.02. The van der Waals surface area contributed by atoms with Gasteiger partial charge in [-0.1, -0.05) is 0 Å². The molecule has 6 nitrogen and oxygen atoms in total. The first kappa shape index (κ1) is 10.3. The van der Waals surface area contributed by atoms with Gasteiger partial charge in [0.15, 0.2) is 12.3 Å². The second kappa shape index (κ2) is 3.52. The van der Waals surface area contributed by atoms with E-state index in [4.69, 9.17) is 4.55 Å². The predicted molar refractivity (Wildman–Crippen MR) is 45.2 cm³/mol. The van der Waals surface area contributed by atoms with Crippen molar-refractivity contribution >= 4 is 24.6 Å². The Hall–Kier alpha value is -0.790. The molecule has 7 heteroatoms. The monoisotopic (exact) mass is 206 g/mol. The Kier molecular flexibility index (Phi) is 2.79. The number of hydroxylamine groups is 2. The van der Waals surface area contributed by atoms with Crippen molar-refractivity contribution in [2.45, 2.75) is 25.4 Å². The molecule has 1 saturated heterocycles. The van der Waals surface area contributed by atoms with Gasteiger partial charge in [-0.15, -0.1) is 0 Å². The number of nitrogens with zero attached hydrogens (tertiary/aromatic N) is 1. The van der Waals surface area contributed by atoms with Crippen LogP contribution in [0.3, 0.4) is 0 Å². The van der Waals surface area contributed by atoms with Gasteiger partial charge in [-0.05, 0) is 13.8 Å². The van der Waals surface area contributed by atoms with Gasteiger partial charge >= 0.3 is 0 Å². The van der Waals surface area contributed by atoms with Crippen molar-refractivity contribution in [3.8, 4) is 0 Å². The zero-order valence-corrected chi connectivity index (χ0v) is 8.00. The van der Waals surface area contributed by atoms with E-state index in [0.29, 0.717) is 6.41 Å². The van der Waals surface area contributed by atoms with Gasteiger partial charge < -0.3 is 9.87 Å². The van der Waals surface area contributed by atoms with Gasteiger partial charge in [0.2, 0.25) is 6.41 Å². The van der Waals surface area contributed by atoms with E-state index in [9.17, 15) is 9.59 Å². The lowest BCUT2D eigenvalue weighted by Gasteiger charge is -2.50. The van der Waals surface area contributed by atoms with Crippen molar-refractivity contribution in [2.75, 3.05) is 0 Å². The zero-order chi connectivity index (χ0) is 10.1. The fourth-order valence-electron chi connectivity index (χ4n) is 1.26. The van der Waals surface area contributed by atoms with Crippen molar-refractivity contribution in [3.05, 3.63) is 0 Å². The Morgan fingerprint density at radius 3 is 2.77 bits per heavy atom. The molecule has 1 aliphatic rings. The fraction of sp³-hybridized carbons (Fsp3) is 0.667. The summed E-state index contributed by atoms with van der Waals surface area (Å²) in [5.41, 5.74) is -0.631. The molecule has 0 radical (unpaired) electrons. The topological polar surface area (TPSA) is 78.9 Å². The maximum Gasteiger partial charge on any atom is 0.272 e. The van der Waals surface area contributed by atoms with Gasteiger partial charge in [0.1, 0.15) is 6.04 Å².